The molecular weight excluding hydrogens is 208 g/mol. The van der Waals surface area contributed by atoms with Gasteiger partial charge in [-0.15, -0.1) is 0 Å². The number of rotatable bonds is 2. The van der Waals surface area contributed by atoms with E-state index in [-0.39, 0.29) is 5.92 Å². The molecule has 2 rings (SSSR count). The molecule has 1 atom stereocenters. The summed E-state index contributed by atoms with van der Waals surface area (Å²) in [4.78, 5) is 10.7. The molecule has 1 unspecified atom stereocenters. The minimum absolute atomic E-state index is 0.0617. The minimum Gasteiger partial charge on any atom is -0.303 e. The fourth-order valence-electron chi connectivity index (χ4n) is 1.62. The zero-order valence-corrected chi connectivity index (χ0v) is 9.16. The number of fused-ring (bicyclic) bond motifs is 1. The van der Waals surface area contributed by atoms with Gasteiger partial charge in [-0.05, 0) is 17.0 Å². The van der Waals surface area contributed by atoms with Gasteiger partial charge in [-0.3, -0.25) is 0 Å². The Hall–Kier alpha value is -1.34. The van der Waals surface area contributed by atoms with Crippen molar-refractivity contribution in [2.75, 3.05) is 0 Å². The average molecular weight is 219 g/mol. The predicted octanol–water partition coefficient (Wildman–Crippen LogP) is 3.80. The molecule has 0 aliphatic heterocycles. The Morgan fingerprint density at radius 1 is 1.27 bits per heavy atom. The molecule has 2 heteroatoms. The molecule has 0 saturated carbocycles. The lowest BCUT2D eigenvalue weighted by Gasteiger charge is -2.06. The summed E-state index contributed by atoms with van der Waals surface area (Å²) < 4.78 is 0. The highest BCUT2D eigenvalue weighted by molar-refractivity contribution is 6.35. The maximum absolute atomic E-state index is 10.7. The molecule has 0 aliphatic rings. The zero-order chi connectivity index (χ0) is 10.8. The first-order chi connectivity index (χ1) is 7.22. The molecule has 1 nitrogen and oxygen atoms in total. The molecule has 0 saturated heterocycles. The lowest BCUT2D eigenvalue weighted by Crippen LogP contribution is -1.93. The summed E-state index contributed by atoms with van der Waals surface area (Å²) >= 11 is 6.05. The molecule has 76 valence electrons. The fraction of sp³-hybridized carbons (Fsp3) is 0.154. The highest BCUT2D eigenvalue weighted by atomic mass is 35.5. The Labute approximate surface area is 93.7 Å². The van der Waals surface area contributed by atoms with Crippen LogP contribution in [0.3, 0.4) is 0 Å². The highest BCUT2D eigenvalue weighted by Crippen LogP contribution is 2.26. The molecule has 0 heterocycles. The van der Waals surface area contributed by atoms with Crippen LogP contribution in [-0.2, 0) is 4.79 Å². The molecule has 0 fully saturated rings. The minimum atomic E-state index is -0.0617. The van der Waals surface area contributed by atoms with E-state index in [0.717, 1.165) is 27.6 Å². The van der Waals surface area contributed by atoms with Crippen molar-refractivity contribution in [3.8, 4) is 0 Å². The van der Waals surface area contributed by atoms with E-state index in [0.29, 0.717) is 0 Å². The normalized spacial score (nSPS) is 12.7. The second kappa shape index (κ2) is 4.03. The van der Waals surface area contributed by atoms with Crippen LogP contribution in [0, 0.1) is 0 Å². The Morgan fingerprint density at radius 3 is 2.80 bits per heavy atom. The van der Waals surface area contributed by atoms with Crippen LogP contribution in [0.25, 0.3) is 10.8 Å². The van der Waals surface area contributed by atoms with Crippen molar-refractivity contribution in [2.45, 2.75) is 12.8 Å². The van der Waals surface area contributed by atoms with E-state index in [2.05, 4.69) is 0 Å². The van der Waals surface area contributed by atoms with Crippen molar-refractivity contribution in [2.24, 2.45) is 0 Å². The van der Waals surface area contributed by atoms with Crippen LogP contribution in [0.2, 0.25) is 5.02 Å². The van der Waals surface area contributed by atoms with Gasteiger partial charge in [0.05, 0.1) is 0 Å². The third-order valence-electron chi connectivity index (χ3n) is 2.58. The summed E-state index contributed by atoms with van der Waals surface area (Å²) in [7, 11) is 0. The summed E-state index contributed by atoms with van der Waals surface area (Å²) in [6.45, 7) is 1.89. The van der Waals surface area contributed by atoms with Gasteiger partial charge in [-0.1, -0.05) is 48.9 Å². The van der Waals surface area contributed by atoms with Crippen molar-refractivity contribution in [1.82, 2.24) is 0 Å². The Morgan fingerprint density at radius 2 is 2.07 bits per heavy atom. The highest BCUT2D eigenvalue weighted by Gasteiger charge is 2.05. The average Bonchev–Trinajstić information content (AvgIpc) is 2.28. The van der Waals surface area contributed by atoms with Gasteiger partial charge >= 0.3 is 0 Å². The summed E-state index contributed by atoms with van der Waals surface area (Å²) in [5.41, 5.74) is 1.03. The second-order valence-electron chi connectivity index (χ2n) is 3.65. The molecule has 0 amide bonds. The van der Waals surface area contributed by atoms with E-state index in [1.165, 1.54) is 0 Å². The van der Waals surface area contributed by atoms with E-state index < -0.39 is 0 Å². The lowest BCUT2D eigenvalue weighted by atomic mass is 9.99. The first-order valence-corrected chi connectivity index (χ1v) is 5.23. The number of hydrogen-bond acceptors (Lipinski definition) is 1. The quantitative estimate of drug-likeness (QED) is 0.701. The van der Waals surface area contributed by atoms with Gasteiger partial charge in [0.25, 0.3) is 0 Å². The molecular formula is C13H11ClO. The van der Waals surface area contributed by atoms with Crippen molar-refractivity contribution >= 4 is 28.7 Å². The molecule has 0 spiro atoms. The Balaban J connectivity index is 2.61. The third kappa shape index (κ3) is 1.88. The second-order valence-corrected chi connectivity index (χ2v) is 4.05. The zero-order valence-electron chi connectivity index (χ0n) is 8.41. The van der Waals surface area contributed by atoms with Gasteiger partial charge in [0, 0.05) is 16.3 Å². The third-order valence-corrected chi connectivity index (χ3v) is 2.91. The monoisotopic (exact) mass is 218 g/mol. The van der Waals surface area contributed by atoms with E-state index >= 15 is 0 Å². The standard InChI is InChI=1S/C13H11ClO/c1-9(8-15)10-5-6-12-11(7-10)3-2-4-13(12)14/h2-9H,1H3. The molecule has 2 aromatic rings. The molecule has 15 heavy (non-hydrogen) atoms. The molecule has 0 aliphatic carbocycles. The smallest absolute Gasteiger partial charge is 0.127 e. The summed E-state index contributed by atoms with van der Waals surface area (Å²) in [5, 5.41) is 2.85. The maximum Gasteiger partial charge on any atom is 0.127 e. The van der Waals surface area contributed by atoms with Gasteiger partial charge in [0.2, 0.25) is 0 Å². The summed E-state index contributed by atoms with van der Waals surface area (Å²) in [5.74, 6) is -0.0617. The number of benzene rings is 2. The Bertz CT molecular complexity index is 505. The summed E-state index contributed by atoms with van der Waals surface area (Å²) in [6, 6.07) is 11.7. The van der Waals surface area contributed by atoms with Gasteiger partial charge < -0.3 is 4.79 Å². The largest absolute Gasteiger partial charge is 0.303 e. The topological polar surface area (TPSA) is 17.1 Å². The van der Waals surface area contributed by atoms with Crippen LogP contribution in [0.15, 0.2) is 36.4 Å². The van der Waals surface area contributed by atoms with E-state index in [1.54, 1.807) is 0 Å². The van der Waals surface area contributed by atoms with Crippen LogP contribution in [0.1, 0.15) is 18.4 Å². The van der Waals surface area contributed by atoms with Gasteiger partial charge in [-0.25, -0.2) is 0 Å². The number of aldehydes is 1. The first-order valence-electron chi connectivity index (χ1n) is 4.86. The van der Waals surface area contributed by atoms with Crippen molar-refractivity contribution in [3.05, 3.63) is 47.0 Å². The number of halogens is 1. The first kappa shape index (κ1) is 10.2. The van der Waals surface area contributed by atoms with Gasteiger partial charge in [0.1, 0.15) is 6.29 Å². The van der Waals surface area contributed by atoms with Crippen LogP contribution in [0.4, 0.5) is 0 Å². The molecule has 0 bridgehead atoms. The number of carbonyl (C=O) groups excluding carboxylic acids is 1. The molecule has 0 N–H and O–H groups in total. The van der Waals surface area contributed by atoms with E-state index in [1.807, 2.05) is 43.3 Å². The van der Waals surface area contributed by atoms with Crippen molar-refractivity contribution in [3.63, 3.8) is 0 Å². The predicted molar refractivity (Wildman–Crippen MR) is 63.4 cm³/mol. The van der Waals surface area contributed by atoms with Crippen LogP contribution < -0.4 is 0 Å². The molecule has 2 aromatic carbocycles. The fourth-order valence-corrected chi connectivity index (χ4v) is 1.87. The van der Waals surface area contributed by atoms with Crippen LogP contribution in [0.5, 0.6) is 0 Å². The maximum atomic E-state index is 10.7. The molecule has 0 radical (unpaired) electrons. The van der Waals surface area contributed by atoms with Gasteiger partial charge in [-0.2, -0.15) is 0 Å². The lowest BCUT2D eigenvalue weighted by molar-refractivity contribution is -0.108. The van der Waals surface area contributed by atoms with Crippen LogP contribution in [-0.4, -0.2) is 6.29 Å². The SMILES string of the molecule is CC(C=O)c1ccc2c(Cl)cccc2c1. The van der Waals surface area contributed by atoms with Crippen molar-refractivity contribution < 1.29 is 4.79 Å². The van der Waals surface area contributed by atoms with Crippen LogP contribution >= 0.6 is 11.6 Å². The van der Waals surface area contributed by atoms with Gasteiger partial charge in [0.15, 0.2) is 0 Å². The van der Waals surface area contributed by atoms with Crippen molar-refractivity contribution in [1.29, 1.82) is 0 Å². The Kier molecular flexibility index (Phi) is 2.74. The number of hydrogen-bond donors (Lipinski definition) is 0. The van der Waals surface area contributed by atoms with E-state index in [9.17, 15) is 4.79 Å². The van der Waals surface area contributed by atoms with E-state index in [4.69, 9.17) is 11.6 Å². The molecule has 0 aromatic heterocycles. The summed E-state index contributed by atoms with van der Waals surface area (Å²) in [6.07, 6.45) is 0.950. The number of carbonyl (C=O) groups is 1.